The molecular weight excluding hydrogens is 800 g/mol. The third-order valence-corrected chi connectivity index (χ3v) is 11.2. The molecule has 4 N–H and O–H groups in total. The Hall–Kier alpha value is -3.17. The van der Waals surface area contributed by atoms with Crippen LogP contribution in [-0.4, -0.2) is 143 Å². The van der Waals surface area contributed by atoms with Crippen LogP contribution in [0.1, 0.15) is 114 Å². The molecule has 0 aromatic rings. The minimum absolute atomic E-state index is 0.0446. The van der Waals surface area contributed by atoms with Crippen LogP contribution in [0.15, 0.2) is 0 Å². The lowest BCUT2D eigenvalue weighted by Gasteiger charge is -2.44. The first-order valence-corrected chi connectivity index (χ1v) is 21.5. The van der Waals surface area contributed by atoms with Crippen molar-refractivity contribution in [2.75, 3.05) is 34.4 Å². The molecule has 0 aromatic heterocycles. The third kappa shape index (κ3) is 14.7. The van der Waals surface area contributed by atoms with E-state index < -0.39 is 84.6 Å². The number of fused-ring (bicyclic) bond motifs is 2. The number of amides is 4. The molecule has 12 atom stereocenters. The number of hydrogen-bond donors (Lipinski definition) is 4. The third-order valence-electron chi connectivity index (χ3n) is 11.2. The zero-order valence-corrected chi connectivity index (χ0v) is 38.1. The number of methoxy groups -OCH3 is 3. The summed E-state index contributed by atoms with van der Waals surface area (Å²) in [7, 11) is 4.50. The molecule has 4 saturated heterocycles. The van der Waals surface area contributed by atoms with Crippen LogP contribution in [0.3, 0.4) is 0 Å². The number of alkyl carbamates (subject to hydrolysis) is 1. The van der Waals surface area contributed by atoms with Crippen LogP contribution in [0, 0.1) is 11.8 Å². The van der Waals surface area contributed by atoms with Gasteiger partial charge < -0.3 is 68.6 Å². The highest BCUT2D eigenvalue weighted by molar-refractivity contribution is 5.78. The highest BCUT2D eigenvalue weighted by Gasteiger charge is 2.56. The molecule has 0 radical (unpaired) electrons. The molecule has 4 amide bonds. The number of hydrogen-bond acceptors (Lipinski definition) is 15. The summed E-state index contributed by atoms with van der Waals surface area (Å²) in [5, 5.41) is 11.7. The van der Waals surface area contributed by atoms with E-state index in [1.807, 2.05) is 13.8 Å². The van der Waals surface area contributed by atoms with Gasteiger partial charge in [-0.1, -0.05) is 13.8 Å². The Morgan fingerprint density at radius 1 is 0.623 bits per heavy atom. The fourth-order valence-electron chi connectivity index (χ4n) is 8.48. The van der Waals surface area contributed by atoms with Gasteiger partial charge in [0.2, 0.25) is 17.7 Å². The minimum Gasteiger partial charge on any atom is -0.469 e. The van der Waals surface area contributed by atoms with E-state index in [0.717, 1.165) is 0 Å². The zero-order chi connectivity index (χ0) is 45.3. The lowest BCUT2D eigenvalue weighted by atomic mass is 9.85. The Balaban J connectivity index is 1.33. The number of ether oxygens (including phenoxy) is 10. The standard InChI is InChI=1S/C42H72N4O15/c1-23-31(55-37-35(33(23)53-11)57-41(6,7)59-37)25(17-19-27(47)44-22-14-16-30(50)52-10)45-29(49)15-13-21-43-28(48)20-18-26(46-39(51)61-40(3,4)5)32-24(2)34(54-12)36-38(56-32)60-42(8,9)58-36/h23-26,31-38H,13-22H2,1-12H3,(H,43,48)(H,44,47)(H,45,49)(H,46,51)/t23-,24-,25+,26+,31?,32?,33+,34+,35-,36-,37-,38-/m1/s1. The van der Waals surface area contributed by atoms with Gasteiger partial charge in [-0.2, -0.15) is 0 Å². The summed E-state index contributed by atoms with van der Waals surface area (Å²) in [5.41, 5.74) is -0.750. The van der Waals surface area contributed by atoms with Crippen LogP contribution in [0.5, 0.6) is 0 Å². The maximum absolute atomic E-state index is 13.5. The minimum atomic E-state index is -0.903. The van der Waals surface area contributed by atoms with Crippen LogP contribution in [0.4, 0.5) is 4.79 Å². The number of carbonyl (C=O) groups is 5. The lowest BCUT2D eigenvalue weighted by Crippen LogP contribution is -2.59. The molecule has 4 fully saturated rings. The lowest BCUT2D eigenvalue weighted by molar-refractivity contribution is -0.243. The fraction of sp³-hybridized carbons (Fsp3) is 0.881. The predicted octanol–water partition coefficient (Wildman–Crippen LogP) is 2.95. The summed E-state index contributed by atoms with van der Waals surface area (Å²) in [4.78, 5) is 64.0. The van der Waals surface area contributed by atoms with Gasteiger partial charge in [-0.15, -0.1) is 0 Å². The van der Waals surface area contributed by atoms with Crippen molar-refractivity contribution >= 4 is 29.8 Å². The van der Waals surface area contributed by atoms with Gasteiger partial charge in [0, 0.05) is 64.8 Å². The van der Waals surface area contributed by atoms with E-state index in [1.165, 1.54) is 7.11 Å². The molecule has 4 heterocycles. The van der Waals surface area contributed by atoms with Crippen LogP contribution >= 0.6 is 0 Å². The van der Waals surface area contributed by atoms with Crippen molar-refractivity contribution in [3.05, 3.63) is 0 Å². The van der Waals surface area contributed by atoms with Gasteiger partial charge in [0.25, 0.3) is 0 Å². The predicted molar refractivity (Wildman–Crippen MR) is 217 cm³/mol. The molecule has 19 heteroatoms. The van der Waals surface area contributed by atoms with E-state index in [9.17, 15) is 24.0 Å². The van der Waals surface area contributed by atoms with Gasteiger partial charge in [0.05, 0.1) is 43.6 Å². The highest BCUT2D eigenvalue weighted by Crippen LogP contribution is 2.42. The highest BCUT2D eigenvalue weighted by atomic mass is 16.8. The Labute approximate surface area is 360 Å². The molecule has 19 nitrogen and oxygen atoms in total. The largest absolute Gasteiger partial charge is 0.469 e. The second kappa shape index (κ2) is 22.0. The number of nitrogens with one attached hydrogen (secondary N) is 4. The summed E-state index contributed by atoms with van der Waals surface area (Å²) in [6.45, 7) is 16.9. The first kappa shape index (κ1) is 50.5. The zero-order valence-electron chi connectivity index (χ0n) is 38.1. The summed E-state index contributed by atoms with van der Waals surface area (Å²) >= 11 is 0. The van der Waals surface area contributed by atoms with Crippen LogP contribution in [0.2, 0.25) is 0 Å². The Morgan fingerprint density at radius 3 is 1.49 bits per heavy atom. The van der Waals surface area contributed by atoms with Gasteiger partial charge in [0.15, 0.2) is 24.2 Å². The van der Waals surface area contributed by atoms with Crippen molar-refractivity contribution in [2.45, 2.75) is 192 Å². The van der Waals surface area contributed by atoms with Crippen molar-refractivity contribution < 1.29 is 71.3 Å². The molecule has 4 aliphatic rings. The van der Waals surface area contributed by atoms with Gasteiger partial charge in [-0.05, 0) is 74.1 Å². The van der Waals surface area contributed by atoms with E-state index in [4.69, 9.17) is 42.6 Å². The van der Waals surface area contributed by atoms with E-state index in [1.54, 1.807) is 62.7 Å². The average Bonchev–Trinajstić information content (AvgIpc) is 3.66. The fourth-order valence-corrected chi connectivity index (χ4v) is 8.48. The van der Waals surface area contributed by atoms with Crippen molar-refractivity contribution in [1.29, 1.82) is 0 Å². The molecule has 4 aliphatic heterocycles. The summed E-state index contributed by atoms with van der Waals surface area (Å²) in [6, 6.07) is -1.24. The second-order valence-electron chi connectivity index (χ2n) is 18.2. The van der Waals surface area contributed by atoms with Crippen LogP contribution in [0.25, 0.3) is 0 Å². The van der Waals surface area contributed by atoms with Gasteiger partial charge in [-0.3, -0.25) is 19.2 Å². The Kier molecular flexibility index (Phi) is 18.2. The molecule has 0 aromatic carbocycles. The molecule has 0 saturated carbocycles. The number of esters is 1. The molecule has 0 spiro atoms. The summed E-state index contributed by atoms with van der Waals surface area (Å²) < 4.78 is 59.0. The monoisotopic (exact) mass is 872 g/mol. The Morgan fingerprint density at radius 2 is 1.07 bits per heavy atom. The maximum atomic E-state index is 13.5. The van der Waals surface area contributed by atoms with E-state index in [-0.39, 0.29) is 80.6 Å². The summed E-state index contributed by atoms with van der Waals surface area (Å²) in [5.74, 6) is -3.45. The van der Waals surface area contributed by atoms with Crippen molar-refractivity contribution in [2.24, 2.45) is 11.8 Å². The normalized spacial score (nSPS) is 31.1. The topological polar surface area (TPSA) is 226 Å². The van der Waals surface area contributed by atoms with Crippen LogP contribution in [-0.2, 0) is 66.5 Å². The van der Waals surface area contributed by atoms with Gasteiger partial charge >= 0.3 is 12.1 Å². The maximum Gasteiger partial charge on any atom is 0.407 e. The molecule has 0 bridgehead atoms. The number of carbonyl (C=O) groups excluding carboxylic acids is 5. The van der Waals surface area contributed by atoms with Gasteiger partial charge in [-0.25, -0.2) is 4.79 Å². The van der Waals surface area contributed by atoms with Crippen molar-refractivity contribution in [3.63, 3.8) is 0 Å². The van der Waals surface area contributed by atoms with E-state index in [0.29, 0.717) is 19.4 Å². The number of rotatable bonds is 20. The summed E-state index contributed by atoms with van der Waals surface area (Å²) in [6.07, 6.45) is -3.46. The van der Waals surface area contributed by atoms with Crippen molar-refractivity contribution in [1.82, 2.24) is 21.3 Å². The van der Waals surface area contributed by atoms with Crippen LogP contribution < -0.4 is 21.3 Å². The average molecular weight is 873 g/mol. The van der Waals surface area contributed by atoms with E-state index in [2.05, 4.69) is 26.0 Å². The molecule has 0 aliphatic carbocycles. The SMILES string of the molecule is COC(=O)CCCNC(=O)CC[C@H](NC(=O)CCCNC(=O)CC[C@H](NC(=O)OC(C)(C)C)C1O[C@@H]2OC(C)(C)O[C@@H]2[C@@H](OC)[C@@H]1C)C1O[C@@H]2OC(C)(C)O[C@@H]2[C@@H](OC)[C@@H]1C. The Bertz CT molecular complexity index is 1490. The quantitative estimate of drug-likeness (QED) is 0.102. The first-order valence-electron chi connectivity index (χ1n) is 21.5. The van der Waals surface area contributed by atoms with Gasteiger partial charge in [0.1, 0.15) is 17.8 Å². The molecule has 61 heavy (non-hydrogen) atoms. The second-order valence-corrected chi connectivity index (χ2v) is 18.2. The first-order chi connectivity index (χ1) is 28.6. The molecular formula is C42H72N4O15. The smallest absolute Gasteiger partial charge is 0.407 e. The van der Waals surface area contributed by atoms with Crippen molar-refractivity contribution in [3.8, 4) is 0 Å². The van der Waals surface area contributed by atoms with E-state index >= 15 is 0 Å². The molecule has 4 rings (SSSR count). The molecule has 350 valence electrons. The molecule has 2 unspecified atom stereocenters.